The minimum Gasteiger partial charge on any atom is -0.495 e. The fourth-order valence-electron chi connectivity index (χ4n) is 3.95. The van der Waals surface area contributed by atoms with E-state index in [1.807, 2.05) is 18.2 Å². The zero-order valence-electron chi connectivity index (χ0n) is 18.5. The highest BCUT2D eigenvalue weighted by atomic mass is 16.5. The van der Waals surface area contributed by atoms with Gasteiger partial charge >= 0.3 is 0 Å². The fourth-order valence-corrected chi connectivity index (χ4v) is 3.95. The van der Waals surface area contributed by atoms with E-state index in [1.165, 1.54) is 11.1 Å². The molecular formula is C24H25N7O2. The van der Waals surface area contributed by atoms with Gasteiger partial charge in [0.15, 0.2) is 0 Å². The Kier molecular flexibility index (Phi) is 5.72. The Labute approximate surface area is 191 Å². The molecule has 0 saturated carbocycles. The van der Waals surface area contributed by atoms with Crippen LogP contribution in [0.25, 0.3) is 10.9 Å². The van der Waals surface area contributed by atoms with Crippen molar-refractivity contribution in [1.82, 2.24) is 24.8 Å². The number of anilines is 4. The van der Waals surface area contributed by atoms with Gasteiger partial charge in [-0.2, -0.15) is 0 Å². The van der Waals surface area contributed by atoms with Gasteiger partial charge in [0, 0.05) is 36.6 Å². The highest BCUT2D eigenvalue weighted by Crippen LogP contribution is 2.33. The predicted octanol–water partition coefficient (Wildman–Crippen LogP) is 3.40. The summed E-state index contributed by atoms with van der Waals surface area (Å²) in [6.45, 7) is 1.81. The average molecular weight is 444 g/mol. The van der Waals surface area contributed by atoms with E-state index in [2.05, 4.69) is 49.7 Å². The van der Waals surface area contributed by atoms with Crippen LogP contribution in [0.3, 0.4) is 0 Å². The lowest BCUT2D eigenvalue weighted by Crippen LogP contribution is -2.26. The second kappa shape index (κ2) is 8.97. The van der Waals surface area contributed by atoms with Crippen molar-refractivity contribution in [3.05, 3.63) is 65.6 Å². The minimum absolute atomic E-state index is 0.139. The summed E-state index contributed by atoms with van der Waals surface area (Å²) in [6, 6.07) is 11.7. The van der Waals surface area contributed by atoms with Gasteiger partial charge in [0.2, 0.25) is 11.9 Å². The summed E-state index contributed by atoms with van der Waals surface area (Å²) in [5.74, 6) is 1.68. The molecular weight excluding hydrogens is 418 g/mol. The standard InChI is InChI=1S/C24H25N7O2/c1-31-8-6-15-10-22(33-2)21(9-17(15)13-31)30-24-26-12-16-3-4-18(11-20(16)29-24)27-23-25-7-5-19(14-32)28-23/h3-5,7,9-12,32H,6,8,13-14H2,1-2H3,(H,25,27,28)(H,26,29,30). The molecule has 1 aliphatic heterocycles. The summed E-state index contributed by atoms with van der Waals surface area (Å²) < 4.78 is 5.63. The second-order valence-electron chi connectivity index (χ2n) is 8.06. The van der Waals surface area contributed by atoms with Crippen molar-refractivity contribution in [2.24, 2.45) is 0 Å². The lowest BCUT2D eigenvalue weighted by molar-refractivity contribution is 0.277. The van der Waals surface area contributed by atoms with Crippen LogP contribution in [-0.4, -0.2) is 50.6 Å². The van der Waals surface area contributed by atoms with Crippen LogP contribution in [0.4, 0.5) is 23.3 Å². The topological polar surface area (TPSA) is 108 Å². The van der Waals surface area contributed by atoms with Crippen LogP contribution < -0.4 is 15.4 Å². The molecule has 0 spiro atoms. The number of likely N-dealkylation sites (N-methyl/N-ethyl adjacent to an activating group) is 1. The predicted molar refractivity (Wildman–Crippen MR) is 127 cm³/mol. The zero-order chi connectivity index (χ0) is 22.8. The van der Waals surface area contributed by atoms with Crippen LogP contribution >= 0.6 is 0 Å². The molecule has 0 saturated heterocycles. The van der Waals surface area contributed by atoms with Crippen molar-refractivity contribution in [1.29, 1.82) is 0 Å². The molecule has 3 heterocycles. The Morgan fingerprint density at radius 3 is 2.76 bits per heavy atom. The highest BCUT2D eigenvalue weighted by molar-refractivity contribution is 5.83. The number of ether oxygens (including phenoxy) is 1. The Bertz CT molecular complexity index is 1310. The molecule has 2 aromatic heterocycles. The maximum Gasteiger partial charge on any atom is 0.227 e. The number of hydrogen-bond acceptors (Lipinski definition) is 9. The van der Waals surface area contributed by atoms with Crippen LogP contribution in [0.5, 0.6) is 5.75 Å². The molecule has 1 aliphatic rings. The lowest BCUT2D eigenvalue weighted by atomic mass is 9.99. The molecule has 0 atom stereocenters. The number of methoxy groups -OCH3 is 1. The van der Waals surface area contributed by atoms with Gasteiger partial charge in [0.25, 0.3) is 0 Å². The summed E-state index contributed by atoms with van der Waals surface area (Å²) >= 11 is 0. The van der Waals surface area contributed by atoms with Gasteiger partial charge < -0.3 is 25.4 Å². The Morgan fingerprint density at radius 1 is 1.03 bits per heavy atom. The molecule has 168 valence electrons. The molecule has 0 bridgehead atoms. The zero-order valence-corrected chi connectivity index (χ0v) is 18.5. The molecule has 0 aliphatic carbocycles. The van der Waals surface area contributed by atoms with Crippen LogP contribution in [0.1, 0.15) is 16.8 Å². The summed E-state index contributed by atoms with van der Waals surface area (Å²) in [5.41, 5.74) is 5.55. The van der Waals surface area contributed by atoms with Gasteiger partial charge in [-0.15, -0.1) is 0 Å². The maximum absolute atomic E-state index is 9.28. The van der Waals surface area contributed by atoms with Crippen molar-refractivity contribution < 1.29 is 9.84 Å². The third-order valence-corrected chi connectivity index (χ3v) is 5.69. The first-order chi connectivity index (χ1) is 16.1. The molecule has 2 aromatic carbocycles. The van der Waals surface area contributed by atoms with E-state index < -0.39 is 0 Å². The van der Waals surface area contributed by atoms with E-state index in [-0.39, 0.29) is 6.61 Å². The van der Waals surface area contributed by atoms with E-state index in [4.69, 9.17) is 9.72 Å². The minimum atomic E-state index is -0.139. The number of hydrogen-bond donors (Lipinski definition) is 3. The van der Waals surface area contributed by atoms with Crippen molar-refractivity contribution in [2.75, 3.05) is 31.3 Å². The number of rotatable bonds is 6. The second-order valence-corrected chi connectivity index (χ2v) is 8.06. The molecule has 0 amide bonds. The van der Waals surface area contributed by atoms with Gasteiger partial charge in [0.1, 0.15) is 5.75 Å². The van der Waals surface area contributed by atoms with E-state index >= 15 is 0 Å². The molecule has 9 nitrogen and oxygen atoms in total. The molecule has 3 N–H and O–H groups in total. The van der Waals surface area contributed by atoms with Crippen molar-refractivity contribution in [3.63, 3.8) is 0 Å². The number of aromatic nitrogens is 4. The van der Waals surface area contributed by atoms with Crippen LogP contribution in [0, 0.1) is 0 Å². The number of aliphatic hydroxyl groups is 1. The van der Waals surface area contributed by atoms with Crippen LogP contribution in [0.15, 0.2) is 48.8 Å². The van der Waals surface area contributed by atoms with E-state index in [0.29, 0.717) is 17.6 Å². The summed E-state index contributed by atoms with van der Waals surface area (Å²) in [4.78, 5) is 19.9. The molecule has 4 aromatic rings. The Morgan fingerprint density at radius 2 is 1.91 bits per heavy atom. The van der Waals surface area contributed by atoms with E-state index in [1.54, 1.807) is 25.6 Å². The monoisotopic (exact) mass is 443 g/mol. The number of aliphatic hydroxyl groups excluding tert-OH is 1. The number of nitrogens with zero attached hydrogens (tertiary/aromatic N) is 5. The molecule has 9 heteroatoms. The van der Waals surface area contributed by atoms with Crippen molar-refractivity contribution in [2.45, 2.75) is 19.6 Å². The normalized spacial score (nSPS) is 13.5. The largest absolute Gasteiger partial charge is 0.495 e. The summed E-state index contributed by atoms with van der Waals surface area (Å²) in [5, 5.41) is 16.7. The molecule has 0 fully saturated rings. The number of nitrogens with one attached hydrogen (secondary N) is 2. The van der Waals surface area contributed by atoms with E-state index in [9.17, 15) is 5.11 Å². The average Bonchev–Trinajstić information content (AvgIpc) is 2.83. The van der Waals surface area contributed by atoms with Crippen LogP contribution in [0.2, 0.25) is 0 Å². The van der Waals surface area contributed by atoms with Crippen molar-refractivity contribution >= 4 is 34.2 Å². The fraction of sp³-hybridized carbons (Fsp3) is 0.250. The Balaban J connectivity index is 1.43. The van der Waals surface area contributed by atoms with Gasteiger partial charge in [-0.1, -0.05) is 0 Å². The third kappa shape index (κ3) is 4.55. The smallest absolute Gasteiger partial charge is 0.227 e. The molecule has 33 heavy (non-hydrogen) atoms. The molecule has 0 unspecified atom stereocenters. The van der Waals surface area contributed by atoms with Gasteiger partial charge in [0.05, 0.1) is 30.6 Å². The third-order valence-electron chi connectivity index (χ3n) is 5.69. The Hall–Kier alpha value is -3.82. The highest BCUT2D eigenvalue weighted by Gasteiger charge is 2.17. The van der Waals surface area contributed by atoms with Crippen LogP contribution in [-0.2, 0) is 19.6 Å². The lowest BCUT2D eigenvalue weighted by Gasteiger charge is -2.26. The molecule has 5 rings (SSSR count). The number of benzene rings is 2. The summed E-state index contributed by atoms with van der Waals surface area (Å²) in [6.07, 6.45) is 4.40. The first-order valence-corrected chi connectivity index (χ1v) is 10.7. The van der Waals surface area contributed by atoms with Gasteiger partial charge in [-0.25, -0.2) is 19.9 Å². The maximum atomic E-state index is 9.28. The van der Waals surface area contributed by atoms with E-state index in [0.717, 1.165) is 47.5 Å². The van der Waals surface area contributed by atoms with Gasteiger partial charge in [-0.05, 0) is 61.0 Å². The number of fused-ring (bicyclic) bond motifs is 2. The first-order valence-electron chi connectivity index (χ1n) is 10.7. The quantitative estimate of drug-likeness (QED) is 0.413. The first kappa shape index (κ1) is 21.0. The molecule has 0 radical (unpaired) electrons. The van der Waals surface area contributed by atoms with Crippen molar-refractivity contribution in [3.8, 4) is 5.75 Å². The van der Waals surface area contributed by atoms with Gasteiger partial charge in [-0.3, -0.25) is 0 Å². The SMILES string of the molecule is COc1cc2c(cc1Nc1ncc3ccc(Nc4nccc(CO)n4)cc3n1)CN(C)CC2. The summed E-state index contributed by atoms with van der Waals surface area (Å²) in [7, 11) is 3.80.